The summed E-state index contributed by atoms with van der Waals surface area (Å²) in [6, 6.07) is 1.36. The van der Waals surface area contributed by atoms with E-state index in [1.54, 1.807) is 0 Å². The van der Waals surface area contributed by atoms with Gasteiger partial charge in [-0.05, 0) is 33.2 Å². The van der Waals surface area contributed by atoms with Crippen LogP contribution in [0.3, 0.4) is 0 Å². The van der Waals surface area contributed by atoms with Gasteiger partial charge in [-0.25, -0.2) is 0 Å². The van der Waals surface area contributed by atoms with Crippen molar-refractivity contribution in [2.45, 2.75) is 44.4 Å². The third kappa shape index (κ3) is 1.47. The van der Waals surface area contributed by atoms with Crippen molar-refractivity contribution >= 4 is 18.9 Å². The van der Waals surface area contributed by atoms with Crippen LogP contribution in [0.5, 0.6) is 0 Å². The van der Waals surface area contributed by atoms with Gasteiger partial charge in [0.05, 0.1) is 5.60 Å². The molecule has 0 aliphatic carbocycles. The Morgan fingerprint density at radius 1 is 1.71 bits per heavy atom. The molecule has 0 radical (unpaired) electrons. The van der Waals surface area contributed by atoms with Gasteiger partial charge < -0.3 is 4.43 Å². The smallest absolute Gasteiger partial charge is 0.378 e. The highest BCUT2D eigenvalue weighted by Crippen LogP contribution is 2.45. The number of halogens is 1. The molecule has 2 nitrogen and oxygen atoms in total. The molecule has 2 aliphatic rings. The third-order valence-corrected chi connectivity index (χ3v) is 7.67. The van der Waals surface area contributed by atoms with Crippen LogP contribution in [0.1, 0.15) is 26.7 Å². The van der Waals surface area contributed by atoms with Crippen LogP contribution >= 0.6 is 11.1 Å². The van der Waals surface area contributed by atoms with E-state index in [-0.39, 0.29) is 5.60 Å². The average Bonchev–Trinajstić information content (AvgIpc) is 2.56. The standard InChI is InChI=1S/C10H18ClNOSi/c1-4-8-14(11)12-7-5-6-9(12)10(2,3)13-14/h4,9H,1,5-8H2,2-3H3/t9-,14?/m0/s1. The van der Waals surface area contributed by atoms with E-state index in [0.717, 1.165) is 12.6 Å². The Hall–Kier alpha value is 0.167. The molecular formula is C10H18ClNOSi. The summed E-state index contributed by atoms with van der Waals surface area (Å²) in [6.07, 6.45) is 4.39. The lowest BCUT2D eigenvalue weighted by Crippen LogP contribution is -2.45. The first-order chi connectivity index (χ1) is 6.49. The summed E-state index contributed by atoms with van der Waals surface area (Å²) in [7, 11) is -2.16. The van der Waals surface area contributed by atoms with E-state index in [1.165, 1.54) is 12.8 Å². The predicted octanol–water partition coefficient (Wildman–Crippen LogP) is 2.62. The fourth-order valence-electron chi connectivity index (χ4n) is 2.76. The van der Waals surface area contributed by atoms with Crippen molar-refractivity contribution < 1.29 is 4.43 Å². The summed E-state index contributed by atoms with van der Waals surface area (Å²) in [5, 5.41) is 0. The van der Waals surface area contributed by atoms with E-state index in [0.29, 0.717) is 6.04 Å². The van der Waals surface area contributed by atoms with Gasteiger partial charge in [0.1, 0.15) is 0 Å². The SMILES string of the molecule is C=CC[Si]1(Cl)OC(C)(C)[C@@H]2CCCN21. The van der Waals surface area contributed by atoms with Crippen molar-refractivity contribution in [1.29, 1.82) is 0 Å². The predicted molar refractivity (Wildman–Crippen MR) is 61.5 cm³/mol. The van der Waals surface area contributed by atoms with Crippen LogP contribution in [0, 0.1) is 0 Å². The number of hydrogen-bond acceptors (Lipinski definition) is 2. The van der Waals surface area contributed by atoms with Gasteiger partial charge in [0.2, 0.25) is 0 Å². The molecule has 0 aromatic rings. The molecule has 2 fully saturated rings. The molecule has 0 bridgehead atoms. The van der Waals surface area contributed by atoms with Crippen LogP contribution in [0.2, 0.25) is 6.04 Å². The van der Waals surface area contributed by atoms with E-state index in [2.05, 4.69) is 25.0 Å². The Labute approximate surface area is 91.8 Å². The van der Waals surface area contributed by atoms with Gasteiger partial charge in [-0.15, -0.1) is 17.7 Å². The number of nitrogens with zero attached hydrogens (tertiary/aromatic N) is 1. The second-order valence-electron chi connectivity index (χ2n) is 4.74. The monoisotopic (exact) mass is 231 g/mol. The maximum Gasteiger partial charge on any atom is 0.378 e. The minimum Gasteiger partial charge on any atom is -0.385 e. The van der Waals surface area contributed by atoms with Crippen molar-refractivity contribution in [1.82, 2.24) is 4.57 Å². The topological polar surface area (TPSA) is 12.5 Å². The Balaban J connectivity index is 2.26. The Bertz CT molecular complexity index is 259. The summed E-state index contributed by atoms with van der Waals surface area (Å²) in [5.74, 6) is 0. The molecule has 0 aromatic heterocycles. The fourth-order valence-corrected chi connectivity index (χ4v) is 7.42. The average molecular weight is 232 g/mol. The normalized spacial score (nSPS) is 41.2. The van der Waals surface area contributed by atoms with Crippen molar-refractivity contribution in [3.63, 3.8) is 0 Å². The lowest BCUT2D eigenvalue weighted by molar-refractivity contribution is 0.103. The highest BCUT2D eigenvalue weighted by molar-refractivity contribution is 7.15. The van der Waals surface area contributed by atoms with Crippen LogP contribution in [0.4, 0.5) is 0 Å². The first-order valence-corrected chi connectivity index (χ1v) is 8.34. The molecule has 2 aliphatic heterocycles. The molecule has 2 atom stereocenters. The van der Waals surface area contributed by atoms with Crippen LogP contribution in [-0.2, 0) is 4.43 Å². The third-order valence-electron chi connectivity index (χ3n) is 3.30. The maximum absolute atomic E-state index is 6.63. The maximum atomic E-state index is 6.63. The Morgan fingerprint density at radius 3 is 3.07 bits per heavy atom. The van der Waals surface area contributed by atoms with E-state index in [9.17, 15) is 0 Å². The summed E-state index contributed by atoms with van der Waals surface area (Å²) in [4.78, 5) is 0. The molecule has 4 heteroatoms. The van der Waals surface area contributed by atoms with Gasteiger partial charge in [-0.2, -0.15) is 0 Å². The van der Waals surface area contributed by atoms with Crippen molar-refractivity contribution in [2.75, 3.05) is 6.54 Å². The Kier molecular flexibility index (Phi) is 2.55. The summed E-state index contributed by atoms with van der Waals surface area (Å²) < 4.78 is 8.53. The number of allylic oxidation sites excluding steroid dienone is 1. The molecule has 14 heavy (non-hydrogen) atoms. The molecule has 80 valence electrons. The zero-order valence-electron chi connectivity index (χ0n) is 8.92. The lowest BCUT2D eigenvalue weighted by atomic mass is 9.98. The Morgan fingerprint density at radius 2 is 2.43 bits per heavy atom. The summed E-state index contributed by atoms with van der Waals surface area (Å²) >= 11 is 6.63. The highest BCUT2D eigenvalue weighted by Gasteiger charge is 2.59. The van der Waals surface area contributed by atoms with Gasteiger partial charge in [0.15, 0.2) is 0 Å². The van der Waals surface area contributed by atoms with Crippen molar-refractivity contribution in [3.05, 3.63) is 12.7 Å². The molecule has 0 aromatic carbocycles. The molecule has 2 heterocycles. The summed E-state index contributed by atoms with van der Waals surface area (Å²) in [5.41, 5.74) is -0.0620. The van der Waals surface area contributed by atoms with Gasteiger partial charge in [0.25, 0.3) is 0 Å². The first-order valence-electron chi connectivity index (χ1n) is 5.26. The molecular weight excluding hydrogens is 214 g/mol. The van der Waals surface area contributed by atoms with Crippen LogP contribution in [0.25, 0.3) is 0 Å². The molecule has 0 N–H and O–H groups in total. The molecule has 2 rings (SSSR count). The molecule has 0 amide bonds. The minimum atomic E-state index is -2.16. The first kappa shape index (κ1) is 10.7. The van der Waals surface area contributed by atoms with E-state index >= 15 is 0 Å². The zero-order valence-corrected chi connectivity index (χ0v) is 10.7. The van der Waals surface area contributed by atoms with E-state index < -0.39 is 7.79 Å². The zero-order chi connectivity index (χ0) is 10.4. The number of hydrogen-bond donors (Lipinski definition) is 0. The second kappa shape index (κ2) is 3.34. The largest absolute Gasteiger partial charge is 0.385 e. The molecule has 1 unspecified atom stereocenters. The highest BCUT2D eigenvalue weighted by atomic mass is 35.6. The van der Waals surface area contributed by atoms with Gasteiger partial charge in [-0.3, -0.25) is 4.57 Å². The fraction of sp³-hybridized carbons (Fsp3) is 0.800. The second-order valence-corrected chi connectivity index (χ2v) is 9.08. The molecule has 0 saturated carbocycles. The van der Waals surface area contributed by atoms with Gasteiger partial charge in [0, 0.05) is 12.1 Å². The minimum absolute atomic E-state index is 0.0620. The van der Waals surface area contributed by atoms with Crippen LogP contribution < -0.4 is 0 Å². The lowest BCUT2D eigenvalue weighted by Gasteiger charge is -2.25. The van der Waals surface area contributed by atoms with Gasteiger partial charge >= 0.3 is 7.79 Å². The van der Waals surface area contributed by atoms with Crippen LogP contribution in [-0.4, -0.2) is 30.5 Å². The molecule has 2 saturated heterocycles. The number of fused-ring (bicyclic) bond motifs is 1. The summed E-state index contributed by atoms with van der Waals surface area (Å²) in [6.45, 7) is 9.21. The quantitative estimate of drug-likeness (QED) is 0.412. The number of rotatable bonds is 2. The van der Waals surface area contributed by atoms with E-state index in [1.807, 2.05) is 6.08 Å². The van der Waals surface area contributed by atoms with Crippen molar-refractivity contribution in [2.24, 2.45) is 0 Å². The van der Waals surface area contributed by atoms with Gasteiger partial charge in [-0.1, -0.05) is 6.08 Å². The molecule has 0 spiro atoms. The van der Waals surface area contributed by atoms with E-state index in [4.69, 9.17) is 15.5 Å². The van der Waals surface area contributed by atoms with Crippen LogP contribution in [0.15, 0.2) is 12.7 Å². The van der Waals surface area contributed by atoms with Crippen molar-refractivity contribution in [3.8, 4) is 0 Å².